The number of ether oxygens (including phenoxy) is 1. The van der Waals surface area contributed by atoms with Crippen molar-refractivity contribution in [3.63, 3.8) is 0 Å². The zero-order chi connectivity index (χ0) is 31.9. The van der Waals surface area contributed by atoms with Gasteiger partial charge in [-0.25, -0.2) is 0 Å². The summed E-state index contributed by atoms with van der Waals surface area (Å²) in [6, 6.07) is -0.207. The number of carbonyl (C=O) groups is 3. The van der Waals surface area contributed by atoms with Crippen LogP contribution in [0.5, 0.6) is 0 Å². The zero-order valence-electron chi connectivity index (χ0n) is 27.5. The minimum Gasteiger partial charge on any atom is -0.656 e. The molecule has 2 fully saturated rings. The summed E-state index contributed by atoms with van der Waals surface area (Å²) in [5.74, 6) is -1.03. The third-order valence-corrected chi connectivity index (χ3v) is 11.1. The van der Waals surface area contributed by atoms with Crippen molar-refractivity contribution in [1.82, 2.24) is 10.6 Å². The molecule has 5 aliphatic rings. The summed E-state index contributed by atoms with van der Waals surface area (Å²) >= 11 is 0. The molecule has 0 aromatic rings. The Morgan fingerprint density at radius 1 is 0.911 bits per heavy atom. The minimum absolute atomic E-state index is 0. The van der Waals surface area contributed by atoms with Crippen molar-refractivity contribution >= 4 is 40.8 Å². The SMILES string of the molecule is C=CC1=C(C)C2CC3[N-]C(CC4NC(CC5[N-]C(CC1N2)C(C)=C5C(=O)CC(=O)OC)C(CCC(=O)O)=C4C)C(C)C3C=C.[Mg+2]. The van der Waals surface area contributed by atoms with Crippen LogP contribution < -0.4 is 10.6 Å². The fourth-order valence-corrected chi connectivity index (χ4v) is 8.56. The topological polar surface area (TPSA) is 133 Å². The van der Waals surface area contributed by atoms with E-state index in [1.165, 1.54) is 23.8 Å². The molecule has 0 spiro atoms. The van der Waals surface area contributed by atoms with Crippen LogP contribution in [0.3, 0.4) is 0 Å². The number of methoxy groups -OCH3 is 1. The van der Waals surface area contributed by atoms with Crippen molar-refractivity contribution in [3.8, 4) is 0 Å². The van der Waals surface area contributed by atoms with Gasteiger partial charge in [0.05, 0.1) is 7.11 Å². The van der Waals surface area contributed by atoms with Crippen molar-refractivity contribution in [2.75, 3.05) is 7.11 Å². The van der Waals surface area contributed by atoms with Gasteiger partial charge in [0, 0.05) is 30.6 Å². The van der Waals surface area contributed by atoms with E-state index in [0.29, 0.717) is 30.8 Å². The number of Topliss-reactive ketones (excluding diaryl/α,β-unsaturated/α-hetero) is 1. The van der Waals surface area contributed by atoms with Gasteiger partial charge in [-0.3, -0.25) is 14.4 Å². The van der Waals surface area contributed by atoms with Crippen LogP contribution in [0.4, 0.5) is 0 Å². The monoisotopic (exact) mass is 628 g/mol. The number of carboxylic acids is 1. The first-order chi connectivity index (χ1) is 21.0. The number of nitrogens with one attached hydrogen (secondary N) is 2. The van der Waals surface area contributed by atoms with E-state index in [4.69, 9.17) is 15.4 Å². The maximum Gasteiger partial charge on any atom is 2.00 e. The molecule has 0 radical (unpaired) electrons. The molecule has 2 saturated heterocycles. The van der Waals surface area contributed by atoms with E-state index < -0.39 is 18.0 Å². The second-order valence-electron chi connectivity index (χ2n) is 13.3. The Labute approximate surface area is 284 Å². The van der Waals surface area contributed by atoms with Gasteiger partial charge in [-0.2, -0.15) is 0 Å². The van der Waals surface area contributed by atoms with E-state index in [0.717, 1.165) is 24.0 Å². The molecule has 240 valence electrons. The average molecular weight is 629 g/mol. The van der Waals surface area contributed by atoms with E-state index in [1.807, 2.05) is 13.0 Å². The van der Waals surface area contributed by atoms with Crippen molar-refractivity contribution in [1.29, 1.82) is 0 Å². The molecule has 5 heterocycles. The van der Waals surface area contributed by atoms with Crippen LogP contribution in [0.15, 0.2) is 58.7 Å². The summed E-state index contributed by atoms with van der Waals surface area (Å²) in [6.45, 7) is 16.9. The largest absolute Gasteiger partial charge is 2.00 e. The van der Waals surface area contributed by atoms with Crippen LogP contribution in [0.25, 0.3) is 10.6 Å². The third-order valence-electron chi connectivity index (χ3n) is 11.1. The van der Waals surface area contributed by atoms with Gasteiger partial charge in [0.25, 0.3) is 0 Å². The molecule has 0 amide bonds. The first-order valence-corrected chi connectivity index (χ1v) is 16.1. The first-order valence-electron chi connectivity index (χ1n) is 16.1. The van der Waals surface area contributed by atoms with E-state index >= 15 is 0 Å². The van der Waals surface area contributed by atoms with Crippen LogP contribution in [-0.4, -0.2) is 101 Å². The fraction of sp³-hybridized carbons (Fsp3) is 0.629. The summed E-state index contributed by atoms with van der Waals surface area (Å²) in [5.41, 5.74) is 6.22. The molecular weight excluding hydrogens is 581 g/mol. The van der Waals surface area contributed by atoms with Gasteiger partial charge in [-0.05, 0) is 69.9 Å². The minimum atomic E-state index is -0.832. The molecule has 0 aliphatic carbocycles. The van der Waals surface area contributed by atoms with Gasteiger partial charge in [-0.15, -0.1) is 30.7 Å². The predicted molar refractivity (Wildman–Crippen MR) is 177 cm³/mol. The number of carboxylic acid groups (broad SMARTS) is 1. The molecule has 10 heteroatoms. The Bertz CT molecular complexity index is 1320. The predicted octanol–water partition coefficient (Wildman–Crippen LogP) is 4.68. The van der Waals surface area contributed by atoms with E-state index in [9.17, 15) is 19.5 Å². The Hall–Kier alpha value is -2.08. The van der Waals surface area contributed by atoms with Gasteiger partial charge in [-0.1, -0.05) is 53.9 Å². The summed E-state index contributed by atoms with van der Waals surface area (Å²) < 4.78 is 4.83. The molecule has 10 unspecified atom stereocenters. The Balaban J connectivity index is 0.00000461. The Morgan fingerprint density at radius 3 is 2.20 bits per heavy atom. The smallest absolute Gasteiger partial charge is 0.656 e. The number of esters is 1. The number of hydrogen-bond acceptors (Lipinski definition) is 6. The average Bonchev–Trinajstić information content (AvgIpc) is 3.64. The van der Waals surface area contributed by atoms with Crippen LogP contribution in [0, 0.1) is 11.8 Å². The van der Waals surface area contributed by atoms with Crippen molar-refractivity contribution in [2.45, 2.75) is 121 Å². The second-order valence-corrected chi connectivity index (χ2v) is 13.3. The number of fused-ring (bicyclic) bond motifs is 8. The summed E-state index contributed by atoms with van der Waals surface area (Å²) in [5, 5.41) is 27.9. The van der Waals surface area contributed by atoms with Gasteiger partial charge >= 0.3 is 35.0 Å². The number of ketones is 1. The normalized spacial score (nSPS) is 36.2. The number of rotatable bonds is 8. The molecule has 8 bridgehead atoms. The Kier molecular flexibility index (Phi) is 11.7. The third kappa shape index (κ3) is 7.11. The summed E-state index contributed by atoms with van der Waals surface area (Å²) in [4.78, 5) is 37.4. The molecule has 5 rings (SSSR count). The molecule has 3 N–H and O–H groups in total. The van der Waals surface area contributed by atoms with Gasteiger partial charge < -0.3 is 31.1 Å². The number of aliphatic carboxylic acids is 1. The van der Waals surface area contributed by atoms with Crippen molar-refractivity contribution in [3.05, 3.63) is 69.4 Å². The molecule has 45 heavy (non-hydrogen) atoms. The van der Waals surface area contributed by atoms with E-state index in [-0.39, 0.29) is 89.9 Å². The zero-order valence-corrected chi connectivity index (χ0v) is 28.9. The molecule has 0 saturated carbocycles. The first kappa shape index (κ1) is 35.8. The standard InChI is InChI=1S/C35H48N4O5.Mg/c1-8-21-17(3)24-12-25-19(5)23(10-11-33(41)42)30(38-25)15-31-35(32(40)16-34(43)44-7)20(6)27(39-31)14-29-22(9-2)18(4)26(37-29)13-28(21)36-24;/h8-9,17,21,24-31,37-38H,1-2,10-16H2,3-7H3,(H,41,42);/q-2;+2. The quantitative estimate of drug-likeness (QED) is 0.154. The molecule has 5 aliphatic heterocycles. The maximum atomic E-state index is 13.6. The van der Waals surface area contributed by atoms with Crippen molar-refractivity contribution < 1.29 is 24.2 Å². The van der Waals surface area contributed by atoms with Gasteiger partial charge in [0.15, 0.2) is 5.78 Å². The van der Waals surface area contributed by atoms with Crippen molar-refractivity contribution in [2.24, 2.45) is 11.8 Å². The summed E-state index contributed by atoms with van der Waals surface area (Å²) in [7, 11) is 1.29. The Morgan fingerprint density at radius 2 is 1.56 bits per heavy atom. The van der Waals surface area contributed by atoms with E-state index in [2.05, 4.69) is 50.6 Å². The second kappa shape index (κ2) is 14.8. The van der Waals surface area contributed by atoms with Crippen LogP contribution in [-0.2, 0) is 19.1 Å². The van der Waals surface area contributed by atoms with Gasteiger partial charge in [0.1, 0.15) is 6.42 Å². The molecule has 0 aromatic carbocycles. The molecule has 10 atom stereocenters. The van der Waals surface area contributed by atoms with E-state index in [1.54, 1.807) is 0 Å². The molecule has 0 aromatic heterocycles. The molecular formula is C35H48MgN4O5. The van der Waals surface area contributed by atoms with Crippen LogP contribution >= 0.6 is 0 Å². The number of carbonyl (C=O) groups excluding carboxylic acids is 2. The fourth-order valence-electron chi connectivity index (χ4n) is 8.56. The number of nitrogens with zero attached hydrogens (tertiary/aromatic N) is 2. The van der Waals surface area contributed by atoms with Crippen LogP contribution in [0.2, 0.25) is 0 Å². The maximum absolute atomic E-state index is 13.6. The van der Waals surface area contributed by atoms with Crippen LogP contribution in [0.1, 0.15) is 72.6 Å². The van der Waals surface area contributed by atoms with Gasteiger partial charge in [0.2, 0.25) is 0 Å². The molecule has 9 nitrogen and oxygen atoms in total. The number of hydrogen-bond donors (Lipinski definition) is 3. The summed E-state index contributed by atoms with van der Waals surface area (Å²) in [6.07, 6.45) is 7.09.